The fraction of sp³-hybridized carbons (Fsp3) is 0.400. The van der Waals surface area contributed by atoms with Crippen molar-refractivity contribution in [2.24, 2.45) is 11.7 Å². The van der Waals surface area contributed by atoms with E-state index < -0.39 is 0 Å². The second-order valence-electron chi connectivity index (χ2n) is 7.85. The van der Waals surface area contributed by atoms with Gasteiger partial charge in [-0.1, -0.05) is 36.4 Å². The third-order valence-electron chi connectivity index (χ3n) is 5.60. The number of Topliss-reactive ketones (excluding diaryl/α,β-unsaturated/α-hetero) is 1. The minimum Gasteiger partial charge on any atom is -0.328 e. The van der Waals surface area contributed by atoms with E-state index in [1.807, 2.05) is 30.3 Å². The molecule has 0 spiro atoms. The lowest BCUT2D eigenvalue weighted by Crippen LogP contribution is -2.26. The maximum atomic E-state index is 13.1. The highest BCUT2D eigenvalue weighted by Gasteiger charge is 2.23. The molecule has 1 heterocycles. The Balaban J connectivity index is 1.52. The third kappa shape index (κ3) is 7.28. The zero-order valence-electron chi connectivity index (χ0n) is 17.9. The molecule has 0 bridgehead atoms. The minimum absolute atomic E-state index is 0.0113. The van der Waals surface area contributed by atoms with Gasteiger partial charge >= 0.3 is 0 Å². The van der Waals surface area contributed by atoms with Crippen LogP contribution in [0.5, 0.6) is 0 Å². The summed E-state index contributed by atoms with van der Waals surface area (Å²) in [5.41, 5.74) is 11.2. The summed E-state index contributed by atoms with van der Waals surface area (Å²) in [7, 11) is 0. The Hall–Kier alpha value is -2.54. The number of rotatable bonds is 10. The molecule has 166 valence electrons. The van der Waals surface area contributed by atoms with Crippen molar-refractivity contribution in [3.05, 3.63) is 77.6 Å². The quantitative estimate of drug-likeness (QED) is 0.342. The molecule has 2 aromatic rings. The normalized spacial score (nSPS) is 17.9. The van der Waals surface area contributed by atoms with Gasteiger partial charge in [-0.15, -0.1) is 0 Å². The van der Waals surface area contributed by atoms with Crippen molar-refractivity contribution in [1.29, 1.82) is 0 Å². The van der Waals surface area contributed by atoms with Crippen molar-refractivity contribution in [3.63, 3.8) is 0 Å². The monoisotopic (exact) mass is 425 g/mol. The van der Waals surface area contributed by atoms with Gasteiger partial charge in [0, 0.05) is 24.6 Å². The topological polar surface area (TPSA) is 67.6 Å². The Morgan fingerprint density at radius 1 is 1.10 bits per heavy atom. The van der Waals surface area contributed by atoms with Gasteiger partial charge in [0.2, 0.25) is 0 Å². The van der Waals surface area contributed by atoms with Crippen molar-refractivity contribution >= 4 is 11.5 Å². The summed E-state index contributed by atoms with van der Waals surface area (Å²) < 4.78 is 13.1. The first-order valence-corrected chi connectivity index (χ1v) is 11.0. The largest absolute Gasteiger partial charge is 0.328 e. The smallest absolute Gasteiger partial charge is 0.165 e. The summed E-state index contributed by atoms with van der Waals surface area (Å²) in [6.07, 6.45) is 5.73. The van der Waals surface area contributed by atoms with Crippen molar-refractivity contribution in [2.75, 3.05) is 32.8 Å². The highest BCUT2D eigenvalue weighted by atomic mass is 19.1. The molecule has 1 atom stereocenters. The summed E-state index contributed by atoms with van der Waals surface area (Å²) in [4.78, 5) is 20.6. The number of carbonyl (C=O) groups is 1. The maximum absolute atomic E-state index is 13.1. The SMILES string of the molecule is NCCONC(=CCCN1CCCC(C(=O)c2ccc(F)cc2)CC1)c1ccccc1. The van der Waals surface area contributed by atoms with Crippen LogP contribution in [0.15, 0.2) is 60.7 Å². The zero-order valence-corrected chi connectivity index (χ0v) is 17.9. The van der Waals surface area contributed by atoms with Crippen LogP contribution in [0.1, 0.15) is 41.6 Å². The van der Waals surface area contributed by atoms with Gasteiger partial charge in [0.1, 0.15) is 5.82 Å². The van der Waals surface area contributed by atoms with Crippen LogP contribution in [0.4, 0.5) is 4.39 Å². The number of halogens is 1. The number of nitrogens with zero attached hydrogens (tertiary/aromatic N) is 1. The summed E-state index contributed by atoms with van der Waals surface area (Å²) >= 11 is 0. The van der Waals surface area contributed by atoms with E-state index in [4.69, 9.17) is 10.6 Å². The summed E-state index contributed by atoms with van der Waals surface area (Å²) in [5, 5.41) is 0. The number of nitrogens with two attached hydrogens (primary N) is 1. The first kappa shape index (κ1) is 23.1. The molecule has 1 saturated heterocycles. The van der Waals surface area contributed by atoms with Crippen LogP contribution in [-0.4, -0.2) is 43.5 Å². The molecular formula is C25H32FN3O2. The first-order valence-electron chi connectivity index (χ1n) is 11.0. The van der Waals surface area contributed by atoms with E-state index in [2.05, 4.69) is 16.5 Å². The van der Waals surface area contributed by atoms with E-state index in [0.29, 0.717) is 18.7 Å². The first-order chi connectivity index (χ1) is 15.2. The van der Waals surface area contributed by atoms with Gasteiger partial charge in [0.15, 0.2) is 5.78 Å². The molecular weight excluding hydrogens is 393 g/mol. The average molecular weight is 426 g/mol. The van der Waals surface area contributed by atoms with Gasteiger partial charge in [-0.3, -0.25) is 15.1 Å². The van der Waals surface area contributed by atoms with Crippen molar-refractivity contribution in [3.8, 4) is 0 Å². The second kappa shape index (κ2) is 12.3. The number of carbonyl (C=O) groups excluding carboxylic acids is 1. The van der Waals surface area contributed by atoms with Crippen LogP contribution < -0.4 is 11.2 Å². The van der Waals surface area contributed by atoms with Gasteiger partial charge in [-0.25, -0.2) is 4.39 Å². The van der Waals surface area contributed by atoms with Crippen LogP contribution in [0.2, 0.25) is 0 Å². The van der Waals surface area contributed by atoms with Crippen molar-refractivity contribution < 1.29 is 14.0 Å². The van der Waals surface area contributed by atoms with Gasteiger partial charge in [-0.05, 0) is 68.6 Å². The van der Waals surface area contributed by atoms with Crippen molar-refractivity contribution in [2.45, 2.75) is 25.7 Å². The van der Waals surface area contributed by atoms with E-state index in [0.717, 1.165) is 56.6 Å². The lowest BCUT2D eigenvalue weighted by atomic mass is 9.91. The van der Waals surface area contributed by atoms with Crippen LogP contribution in [0.25, 0.3) is 5.70 Å². The Morgan fingerprint density at radius 2 is 1.87 bits per heavy atom. The number of hydrogen-bond acceptors (Lipinski definition) is 5. The Labute approximate surface area is 184 Å². The number of hydroxylamine groups is 1. The number of nitrogens with one attached hydrogen (secondary N) is 1. The predicted molar refractivity (Wildman–Crippen MR) is 122 cm³/mol. The summed E-state index contributed by atoms with van der Waals surface area (Å²) in [6.45, 7) is 3.70. The van der Waals surface area contributed by atoms with E-state index in [1.165, 1.54) is 12.1 Å². The van der Waals surface area contributed by atoms with Crippen LogP contribution in [0.3, 0.4) is 0 Å². The van der Waals surface area contributed by atoms with E-state index in [9.17, 15) is 9.18 Å². The zero-order chi connectivity index (χ0) is 21.9. The number of benzene rings is 2. The molecule has 1 fully saturated rings. The third-order valence-corrected chi connectivity index (χ3v) is 5.60. The van der Waals surface area contributed by atoms with Gasteiger partial charge in [0.25, 0.3) is 0 Å². The molecule has 1 aliphatic heterocycles. The molecule has 3 N–H and O–H groups in total. The molecule has 1 unspecified atom stereocenters. The highest BCUT2D eigenvalue weighted by Crippen LogP contribution is 2.22. The van der Waals surface area contributed by atoms with Gasteiger partial charge in [-0.2, -0.15) is 0 Å². The molecule has 0 saturated carbocycles. The van der Waals surface area contributed by atoms with Crippen LogP contribution in [-0.2, 0) is 4.84 Å². The fourth-order valence-electron chi connectivity index (χ4n) is 3.91. The van der Waals surface area contributed by atoms with Gasteiger partial charge < -0.3 is 10.6 Å². The predicted octanol–water partition coefficient (Wildman–Crippen LogP) is 4.02. The molecule has 31 heavy (non-hydrogen) atoms. The number of ketones is 1. The number of hydrogen-bond donors (Lipinski definition) is 2. The molecule has 3 rings (SSSR count). The van der Waals surface area contributed by atoms with Gasteiger partial charge in [0.05, 0.1) is 12.3 Å². The summed E-state index contributed by atoms with van der Waals surface area (Å²) in [6, 6.07) is 16.0. The lowest BCUT2D eigenvalue weighted by molar-refractivity contribution is 0.0847. The van der Waals surface area contributed by atoms with E-state index in [-0.39, 0.29) is 17.5 Å². The molecule has 2 aromatic carbocycles. The van der Waals surface area contributed by atoms with E-state index in [1.54, 1.807) is 12.1 Å². The average Bonchev–Trinajstić information content (AvgIpc) is 3.04. The van der Waals surface area contributed by atoms with Crippen LogP contribution >= 0.6 is 0 Å². The number of likely N-dealkylation sites (tertiary alicyclic amines) is 1. The Bertz CT molecular complexity index is 840. The molecule has 5 nitrogen and oxygen atoms in total. The fourth-order valence-corrected chi connectivity index (χ4v) is 3.91. The van der Waals surface area contributed by atoms with Crippen molar-refractivity contribution in [1.82, 2.24) is 10.4 Å². The molecule has 1 aliphatic rings. The Kier molecular flexibility index (Phi) is 9.21. The molecule has 0 radical (unpaired) electrons. The molecule has 6 heteroatoms. The highest BCUT2D eigenvalue weighted by molar-refractivity contribution is 5.97. The van der Waals surface area contributed by atoms with Crippen LogP contribution in [0, 0.1) is 11.7 Å². The lowest BCUT2D eigenvalue weighted by Gasteiger charge is -2.19. The minimum atomic E-state index is -0.311. The summed E-state index contributed by atoms with van der Waals surface area (Å²) in [5.74, 6) is -0.166. The molecule has 0 aromatic heterocycles. The molecule has 0 aliphatic carbocycles. The van der Waals surface area contributed by atoms with E-state index >= 15 is 0 Å². The standard InChI is InChI=1S/C25H32FN3O2/c26-23-12-10-22(11-13-23)25(30)21-8-4-16-29(18-14-21)17-5-9-24(28-31-19-15-27)20-6-2-1-3-7-20/h1-3,6-7,9-13,21,28H,4-5,8,14-19,27H2. The Morgan fingerprint density at radius 3 is 2.61 bits per heavy atom. The molecule has 0 amide bonds. The second-order valence-corrected chi connectivity index (χ2v) is 7.85. The maximum Gasteiger partial charge on any atom is 0.165 e.